The Hall–Kier alpha value is -2.96. The third kappa shape index (κ3) is 6.88. The third-order valence-corrected chi connectivity index (χ3v) is 3.59. The molecule has 1 aromatic heterocycles. The number of aromatic hydroxyl groups is 1. The zero-order chi connectivity index (χ0) is 18.6. The molecule has 0 spiro atoms. The molecule has 2 aromatic rings. The van der Waals surface area contributed by atoms with Gasteiger partial charge < -0.3 is 25.5 Å². The number of amides is 1. The zero-order valence-corrected chi connectivity index (χ0v) is 15.0. The van der Waals surface area contributed by atoms with Crippen LogP contribution in [0.4, 0.5) is 0 Å². The molecule has 0 bridgehead atoms. The van der Waals surface area contributed by atoms with E-state index in [9.17, 15) is 9.90 Å². The third-order valence-electron chi connectivity index (χ3n) is 3.59. The highest BCUT2D eigenvalue weighted by Crippen LogP contribution is 2.10. The Labute approximate surface area is 153 Å². The van der Waals surface area contributed by atoms with E-state index in [0.717, 1.165) is 37.7 Å². The highest BCUT2D eigenvalue weighted by Gasteiger charge is 2.05. The molecule has 0 atom stereocenters. The van der Waals surface area contributed by atoms with Gasteiger partial charge in [-0.15, -0.1) is 0 Å². The SMILES string of the molecule is CCNC(=NCCCNC(=O)c1cccc(O)c1)NCCc1ccco1. The van der Waals surface area contributed by atoms with Gasteiger partial charge in [0.2, 0.25) is 0 Å². The van der Waals surface area contributed by atoms with Gasteiger partial charge in [-0.05, 0) is 43.7 Å². The van der Waals surface area contributed by atoms with Gasteiger partial charge >= 0.3 is 0 Å². The minimum atomic E-state index is -0.201. The van der Waals surface area contributed by atoms with Crippen LogP contribution in [0.25, 0.3) is 0 Å². The fraction of sp³-hybridized carbons (Fsp3) is 0.368. The van der Waals surface area contributed by atoms with Crippen molar-refractivity contribution < 1.29 is 14.3 Å². The molecule has 1 amide bonds. The van der Waals surface area contributed by atoms with Crippen molar-refractivity contribution in [1.29, 1.82) is 0 Å². The topological polar surface area (TPSA) is 98.9 Å². The number of hydrogen-bond acceptors (Lipinski definition) is 4. The number of benzene rings is 1. The van der Waals surface area contributed by atoms with Gasteiger partial charge in [0.25, 0.3) is 5.91 Å². The smallest absolute Gasteiger partial charge is 0.251 e. The summed E-state index contributed by atoms with van der Waals surface area (Å²) in [4.78, 5) is 16.4. The van der Waals surface area contributed by atoms with Gasteiger partial charge in [-0.25, -0.2) is 0 Å². The Morgan fingerprint density at radius 1 is 1.15 bits per heavy atom. The monoisotopic (exact) mass is 358 g/mol. The lowest BCUT2D eigenvalue weighted by Crippen LogP contribution is -2.38. The van der Waals surface area contributed by atoms with Crippen LogP contribution >= 0.6 is 0 Å². The molecule has 0 aliphatic carbocycles. The summed E-state index contributed by atoms with van der Waals surface area (Å²) in [5, 5.41) is 18.7. The molecule has 0 radical (unpaired) electrons. The fourth-order valence-corrected chi connectivity index (χ4v) is 2.32. The normalized spacial score (nSPS) is 11.2. The minimum absolute atomic E-state index is 0.0816. The number of furan rings is 1. The molecular formula is C19H26N4O3. The van der Waals surface area contributed by atoms with Gasteiger partial charge in [0.15, 0.2) is 5.96 Å². The van der Waals surface area contributed by atoms with Crippen LogP contribution in [-0.2, 0) is 6.42 Å². The summed E-state index contributed by atoms with van der Waals surface area (Å²) in [7, 11) is 0. The minimum Gasteiger partial charge on any atom is -0.508 e. The van der Waals surface area contributed by atoms with Gasteiger partial charge in [-0.2, -0.15) is 0 Å². The molecule has 140 valence electrons. The van der Waals surface area contributed by atoms with Crippen LogP contribution in [0.2, 0.25) is 0 Å². The number of aliphatic imine (C=N–C) groups is 1. The quantitative estimate of drug-likeness (QED) is 0.312. The summed E-state index contributed by atoms with van der Waals surface area (Å²) in [5.41, 5.74) is 0.446. The largest absolute Gasteiger partial charge is 0.508 e. The highest BCUT2D eigenvalue weighted by molar-refractivity contribution is 5.94. The Morgan fingerprint density at radius 3 is 2.77 bits per heavy atom. The first-order valence-electron chi connectivity index (χ1n) is 8.81. The van der Waals surface area contributed by atoms with E-state index >= 15 is 0 Å². The maximum Gasteiger partial charge on any atom is 0.251 e. The molecule has 0 unspecified atom stereocenters. The first kappa shape index (κ1) is 19.4. The number of nitrogens with zero attached hydrogens (tertiary/aromatic N) is 1. The molecule has 0 fully saturated rings. The number of carbonyl (C=O) groups is 1. The van der Waals surface area contributed by atoms with Crippen LogP contribution in [-0.4, -0.2) is 43.2 Å². The fourth-order valence-electron chi connectivity index (χ4n) is 2.32. The van der Waals surface area contributed by atoms with Gasteiger partial charge in [-0.1, -0.05) is 6.07 Å². The molecule has 0 aliphatic rings. The Bertz CT molecular complexity index is 699. The lowest BCUT2D eigenvalue weighted by atomic mass is 10.2. The second-order valence-electron chi connectivity index (χ2n) is 5.68. The van der Waals surface area contributed by atoms with Crippen molar-refractivity contribution >= 4 is 11.9 Å². The van der Waals surface area contributed by atoms with Crippen molar-refractivity contribution in [3.63, 3.8) is 0 Å². The number of guanidine groups is 1. The highest BCUT2D eigenvalue weighted by atomic mass is 16.3. The van der Waals surface area contributed by atoms with E-state index in [0.29, 0.717) is 18.7 Å². The summed E-state index contributed by atoms with van der Waals surface area (Å²) < 4.78 is 5.30. The number of phenols is 1. The van der Waals surface area contributed by atoms with E-state index in [1.54, 1.807) is 18.4 Å². The second kappa shape index (κ2) is 10.8. The number of carbonyl (C=O) groups excluding carboxylic acids is 1. The maximum absolute atomic E-state index is 12.0. The van der Waals surface area contributed by atoms with E-state index in [2.05, 4.69) is 20.9 Å². The summed E-state index contributed by atoms with van der Waals surface area (Å²) in [5.74, 6) is 1.56. The van der Waals surface area contributed by atoms with Crippen molar-refractivity contribution in [1.82, 2.24) is 16.0 Å². The molecule has 7 nitrogen and oxygen atoms in total. The van der Waals surface area contributed by atoms with E-state index < -0.39 is 0 Å². The zero-order valence-electron chi connectivity index (χ0n) is 15.0. The van der Waals surface area contributed by atoms with Crippen LogP contribution in [0.3, 0.4) is 0 Å². The predicted octanol–water partition coefficient (Wildman–Crippen LogP) is 1.90. The molecule has 0 saturated carbocycles. The van der Waals surface area contributed by atoms with E-state index in [-0.39, 0.29) is 11.7 Å². The summed E-state index contributed by atoms with van der Waals surface area (Å²) in [6, 6.07) is 10.1. The number of nitrogens with one attached hydrogen (secondary N) is 3. The van der Waals surface area contributed by atoms with Crippen LogP contribution in [0.15, 0.2) is 52.1 Å². The van der Waals surface area contributed by atoms with E-state index in [1.165, 1.54) is 12.1 Å². The summed E-state index contributed by atoms with van der Waals surface area (Å²) in [6.07, 6.45) is 3.18. The molecule has 1 heterocycles. The Balaban J connectivity index is 1.67. The van der Waals surface area contributed by atoms with Crippen molar-refractivity contribution in [3.8, 4) is 5.75 Å². The maximum atomic E-state index is 12.0. The Morgan fingerprint density at radius 2 is 2.04 bits per heavy atom. The molecule has 26 heavy (non-hydrogen) atoms. The average Bonchev–Trinajstić information content (AvgIpc) is 3.14. The van der Waals surface area contributed by atoms with Gasteiger partial charge in [0, 0.05) is 38.2 Å². The van der Waals surface area contributed by atoms with Gasteiger partial charge in [-0.3, -0.25) is 9.79 Å². The van der Waals surface area contributed by atoms with Gasteiger partial charge in [0.1, 0.15) is 11.5 Å². The van der Waals surface area contributed by atoms with Crippen LogP contribution in [0, 0.1) is 0 Å². The average molecular weight is 358 g/mol. The van der Waals surface area contributed by atoms with E-state index in [1.807, 2.05) is 19.1 Å². The first-order chi connectivity index (χ1) is 12.7. The second-order valence-corrected chi connectivity index (χ2v) is 5.68. The van der Waals surface area contributed by atoms with E-state index in [4.69, 9.17) is 4.42 Å². The lowest BCUT2D eigenvalue weighted by Gasteiger charge is -2.10. The molecule has 7 heteroatoms. The lowest BCUT2D eigenvalue weighted by molar-refractivity contribution is 0.0953. The van der Waals surface area contributed by atoms with Crippen LogP contribution in [0.5, 0.6) is 5.75 Å². The molecule has 4 N–H and O–H groups in total. The molecule has 0 aliphatic heterocycles. The summed E-state index contributed by atoms with van der Waals surface area (Å²) in [6.45, 7) is 4.63. The standard InChI is InChI=1S/C19H26N4O3/c1-2-20-19(23-12-9-17-8-4-13-26-17)22-11-5-10-21-18(25)15-6-3-7-16(24)14-15/h3-4,6-8,13-14,24H,2,5,9-12H2,1H3,(H,21,25)(H2,20,22,23). The van der Waals surface area contributed by atoms with Crippen LogP contribution in [0.1, 0.15) is 29.5 Å². The molecule has 2 rings (SSSR count). The van der Waals surface area contributed by atoms with Crippen molar-refractivity contribution in [2.45, 2.75) is 19.8 Å². The van der Waals surface area contributed by atoms with Crippen molar-refractivity contribution in [2.75, 3.05) is 26.2 Å². The first-order valence-corrected chi connectivity index (χ1v) is 8.81. The Kier molecular flexibility index (Phi) is 8.05. The predicted molar refractivity (Wildman–Crippen MR) is 101 cm³/mol. The molecule has 0 saturated heterocycles. The van der Waals surface area contributed by atoms with Gasteiger partial charge in [0.05, 0.1) is 6.26 Å². The van der Waals surface area contributed by atoms with Crippen molar-refractivity contribution in [3.05, 3.63) is 54.0 Å². The number of hydrogen-bond donors (Lipinski definition) is 4. The number of rotatable bonds is 9. The van der Waals surface area contributed by atoms with Crippen LogP contribution < -0.4 is 16.0 Å². The number of phenolic OH excluding ortho intramolecular Hbond substituents is 1. The van der Waals surface area contributed by atoms with Crippen molar-refractivity contribution in [2.24, 2.45) is 4.99 Å². The molecular weight excluding hydrogens is 332 g/mol. The summed E-state index contributed by atoms with van der Waals surface area (Å²) >= 11 is 0. The molecule has 1 aromatic carbocycles.